The first-order chi connectivity index (χ1) is 21.6. The van der Waals surface area contributed by atoms with Gasteiger partial charge >= 0.3 is 11.9 Å². The minimum atomic E-state index is -0.773. The fourth-order valence-corrected chi connectivity index (χ4v) is 5.31. The van der Waals surface area contributed by atoms with E-state index in [1.807, 2.05) is 0 Å². The van der Waals surface area contributed by atoms with Crippen molar-refractivity contribution in [2.45, 2.75) is 200 Å². The molecule has 0 saturated carbocycles. The monoisotopic (exact) mass is 621 g/mol. The number of hydrogen-bond acceptors (Lipinski definition) is 5. The van der Waals surface area contributed by atoms with Crippen LogP contribution < -0.4 is 0 Å². The molecule has 0 aliphatic heterocycles. The Morgan fingerprint density at radius 2 is 0.841 bits per heavy atom. The number of unbranched alkanes of at least 4 members (excludes halogenated alkanes) is 22. The van der Waals surface area contributed by atoms with Crippen LogP contribution in [0.4, 0.5) is 0 Å². The van der Waals surface area contributed by atoms with Crippen LogP contribution in [0.2, 0.25) is 0 Å². The van der Waals surface area contributed by atoms with Crippen molar-refractivity contribution in [2.75, 3.05) is 13.2 Å². The lowest BCUT2D eigenvalue weighted by Crippen LogP contribution is -2.28. The van der Waals surface area contributed by atoms with Crippen LogP contribution in [0.15, 0.2) is 24.3 Å². The second kappa shape index (κ2) is 35.9. The lowest BCUT2D eigenvalue weighted by atomic mass is 10.1. The number of ether oxygens (including phenoxy) is 2. The van der Waals surface area contributed by atoms with Crippen molar-refractivity contribution in [1.82, 2.24) is 0 Å². The molecule has 258 valence electrons. The largest absolute Gasteiger partial charge is 0.462 e. The summed E-state index contributed by atoms with van der Waals surface area (Å²) in [4.78, 5) is 24.2. The summed E-state index contributed by atoms with van der Waals surface area (Å²) in [6.07, 6.45) is 40.9. The van der Waals surface area contributed by atoms with Crippen molar-refractivity contribution in [3.05, 3.63) is 24.3 Å². The Kier molecular flexibility index (Phi) is 34.5. The first-order valence-electron chi connectivity index (χ1n) is 18.9. The van der Waals surface area contributed by atoms with Gasteiger partial charge in [0.05, 0.1) is 6.61 Å². The molecule has 0 aromatic rings. The molecule has 0 unspecified atom stereocenters. The molecular weight excluding hydrogens is 548 g/mol. The second-order valence-electron chi connectivity index (χ2n) is 12.6. The standard InChI is InChI=1S/C39H72O5/c1-3-5-7-9-11-13-15-17-19-21-23-25-27-29-31-33-38(41)43-36-37(35-40)44-39(42)34-32-30-28-26-24-22-20-18-16-14-12-10-8-6-4-2/h13,15,18,20,37,40H,3-12,14,16-17,19,21-36H2,1-2H3/t37-/m0/s1. The van der Waals surface area contributed by atoms with E-state index in [2.05, 4.69) is 38.2 Å². The smallest absolute Gasteiger partial charge is 0.306 e. The van der Waals surface area contributed by atoms with E-state index in [4.69, 9.17) is 9.47 Å². The highest BCUT2D eigenvalue weighted by atomic mass is 16.6. The molecule has 0 radical (unpaired) electrons. The van der Waals surface area contributed by atoms with Crippen LogP contribution in [0.25, 0.3) is 0 Å². The van der Waals surface area contributed by atoms with Crippen molar-refractivity contribution in [1.29, 1.82) is 0 Å². The normalized spacial score (nSPS) is 12.3. The molecule has 0 aliphatic rings. The Hall–Kier alpha value is -1.62. The van der Waals surface area contributed by atoms with Gasteiger partial charge in [-0.1, -0.05) is 141 Å². The Balaban J connectivity index is 3.57. The third-order valence-corrected chi connectivity index (χ3v) is 8.22. The van der Waals surface area contributed by atoms with E-state index < -0.39 is 6.10 Å². The summed E-state index contributed by atoms with van der Waals surface area (Å²) in [6.45, 7) is 4.11. The summed E-state index contributed by atoms with van der Waals surface area (Å²) in [5.74, 6) is -0.602. The molecule has 0 aliphatic carbocycles. The average Bonchev–Trinajstić information content (AvgIpc) is 3.02. The molecule has 0 heterocycles. The number of esters is 2. The van der Waals surface area contributed by atoms with E-state index >= 15 is 0 Å². The lowest BCUT2D eigenvalue weighted by Gasteiger charge is -2.15. The van der Waals surface area contributed by atoms with Crippen LogP contribution in [0, 0.1) is 0 Å². The van der Waals surface area contributed by atoms with Crippen molar-refractivity contribution in [3.8, 4) is 0 Å². The number of aliphatic hydroxyl groups excluding tert-OH is 1. The SMILES string of the molecule is CCCCCCC=CCCCCCCCCCC(=O)OC[C@H](CO)OC(=O)CCCCCCCC=CCCCCCCCC. The van der Waals surface area contributed by atoms with Crippen molar-refractivity contribution in [3.63, 3.8) is 0 Å². The van der Waals surface area contributed by atoms with Gasteiger partial charge in [0.1, 0.15) is 6.61 Å². The molecule has 0 saturated heterocycles. The number of aliphatic hydroxyl groups is 1. The van der Waals surface area contributed by atoms with Gasteiger partial charge < -0.3 is 14.6 Å². The van der Waals surface area contributed by atoms with Gasteiger partial charge in [0, 0.05) is 12.8 Å². The maximum atomic E-state index is 12.1. The minimum absolute atomic E-state index is 0.0688. The topological polar surface area (TPSA) is 72.8 Å². The van der Waals surface area contributed by atoms with Gasteiger partial charge in [-0.25, -0.2) is 0 Å². The Morgan fingerprint density at radius 1 is 0.500 bits per heavy atom. The Bertz CT molecular complexity index is 671. The third-order valence-electron chi connectivity index (χ3n) is 8.22. The summed E-state index contributed by atoms with van der Waals surface area (Å²) in [6, 6.07) is 0. The maximum Gasteiger partial charge on any atom is 0.306 e. The molecular formula is C39H72O5. The summed E-state index contributed by atoms with van der Waals surface area (Å²) < 4.78 is 10.6. The zero-order valence-electron chi connectivity index (χ0n) is 29.2. The van der Waals surface area contributed by atoms with E-state index in [1.54, 1.807) is 0 Å². The van der Waals surface area contributed by atoms with Crippen molar-refractivity contribution >= 4 is 11.9 Å². The number of carbonyl (C=O) groups is 2. The summed E-state index contributed by atoms with van der Waals surface area (Å²) >= 11 is 0. The predicted molar refractivity (Wildman–Crippen MR) is 187 cm³/mol. The zero-order chi connectivity index (χ0) is 32.2. The summed E-state index contributed by atoms with van der Waals surface area (Å²) in [5.41, 5.74) is 0. The average molecular weight is 621 g/mol. The molecule has 1 atom stereocenters. The molecule has 0 amide bonds. The molecule has 0 spiro atoms. The van der Waals surface area contributed by atoms with Gasteiger partial charge in [0.2, 0.25) is 0 Å². The molecule has 0 bridgehead atoms. The highest BCUT2D eigenvalue weighted by molar-refractivity contribution is 5.70. The van der Waals surface area contributed by atoms with Gasteiger partial charge in [0.15, 0.2) is 6.10 Å². The van der Waals surface area contributed by atoms with E-state index in [9.17, 15) is 14.7 Å². The molecule has 0 rings (SSSR count). The van der Waals surface area contributed by atoms with Crippen molar-refractivity contribution < 1.29 is 24.2 Å². The third kappa shape index (κ3) is 33.3. The van der Waals surface area contributed by atoms with Crippen LogP contribution in [0.3, 0.4) is 0 Å². The van der Waals surface area contributed by atoms with Gasteiger partial charge in [-0.2, -0.15) is 0 Å². The fourth-order valence-electron chi connectivity index (χ4n) is 5.31. The quantitative estimate of drug-likeness (QED) is 0.0440. The van der Waals surface area contributed by atoms with Crippen LogP contribution in [-0.4, -0.2) is 36.4 Å². The Morgan fingerprint density at radius 3 is 1.25 bits per heavy atom. The minimum Gasteiger partial charge on any atom is -0.462 e. The first kappa shape index (κ1) is 42.4. The van der Waals surface area contributed by atoms with Crippen LogP contribution in [-0.2, 0) is 19.1 Å². The van der Waals surface area contributed by atoms with Gasteiger partial charge in [-0.15, -0.1) is 0 Å². The number of allylic oxidation sites excluding steroid dienone is 4. The molecule has 0 aromatic heterocycles. The molecule has 1 N–H and O–H groups in total. The number of hydrogen-bond donors (Lipinski definition) is 1. The number of carbonyl (C=O) groups excluding carboxylic acids is 2. The van der Waals surface area contributed by atoms with Gasteiger partial charge in [0.25, 0.3) is 0 Å². The van der Waals surface area contributed by atoms with E-state index in [-0.39, 0.29) is 25.2 Å². The first-order valence-corrected chi connectivity index (χ1v) is 18.9. The number of rotatable bonds is 34. The van der Waals surface area contributed by atoms with E-state index in [0.29, 0.717) is 12.8 Å². The molecule has 0 aromatic carbocycles. The van der Waals surface area contributed by atoms with E-state index in [1.165, 1.54) is 122 Å². The second-order valence-corrected chi connectivity index (χ2v) is 12.6. The zero-order valence-corrected chi connectivity index (χ0v) is 29.2. The van der Waals surface area contributed by atoms with Crippen LogP contribution in [0.1, 0.15) is 194 Å². The lowest BCUT2D eigenvalue weighted by molar-refractivity contribution is -0.161. The van der Waals surface area contributed by atoms with Gasteiger partial charge in [-0.05, 0) is 64.2 Å². The maximum absolute atomic E-state index is 12.1. The Labute approximate surface area is 273 Å². The molecule has 0 fully saturated rings. The highest BCUT2D eigenvalue weighted by Crippen LogP contribution is 2.13. The summed E-state index contributed by atoms with van der Waals surface area (Å²) in [5, 5.41) is 9.53. The molecule has 5 heteroatoms. The van der Waals surface area contributed by atoms with E-state index in [0.717, 1.165) is 44.9 Å². The fraction of sp³-hybridized carbons (Fsp3) is 0.846. The van der Waals surface area contributed by atoms with Gasteiger partial charge in [-0.3, -0.25) is 9.59 Å². The molecule has 44 heavy (non-hydrogen) atoms. The molecule has 5 nitrogen and oxygen atoms in total. The predicted octanol–water partition coefficient (Wildman–Crippen LogP) is 11.5. The van der Waals surface area contributed by atoms with Crippen LogP contribution >= 0.6 is 0 Å². The summed E-state index contributed by atoms with van der Waals surface area (Å²) in [7, 11) is 0. The van der Waals surface area contributed by atoms with Crippen molar-refractivity contribution in [2.24, 2.45) is 0 Å². The highest BCUT2D eigenvalue weighted by Gasteiger charge is 2.16. The van der Waals surface area contributed by atoms with Crippen LogP contribution in [0.5, 0.6) is 0 Å².